The number of benzene rings is 3. The molecule has 0 aliphatic carbocycles. The molecule has 0 bridgehead atoms. The minimum atomic E-state index is 0.904. The predicted octanol–water partition coefficient (Wildman–Crippen LogP) is 5.32. The molecular formula is C18H16S. The van der Waals surface area contributed by atoms with Crippen molar-refractivity contribution >= 4 is 38.6 Å². The van der Waals surface area contributed by atoms with Crippen LogP contribution in [0, 0.1) is 0 Å². The summed E-state index contributed by atoms with van der Waals surface area (Å²) in [6, 6.07) is 19.5. The Morgan fingerprint density at radius 2 is 1.63 bits per heavy atom. The molecule has 0 aromatic heterocycles. The van der Waals surface area contributed by atoms with Crippen molar-refractivity contribution in [1.82, 2.24) is 0 Å². The van der Waals surface area contributed by atoms with Crippen molar-refractivity contribution in [2.45, 2.75) is 19.8 Å². The van der Waals surface area contributed by atoms with Crippen LogP contribution in [0.1, 0.15) is 18.9 Å². The van der Waals surface area contributed by atoms with Crippen molar-refractivity contribution in [3.8, 4) is 0 Å². The first-order chi connectivity index (χ1) is 9.29. The molecule has 0 aliphatic rings. The number of rotatable bonds is 3. The summed E-state index contributed by atoms with van der Waals surface area (Å²) in [7, 11) is 0. The third-order valence-electron chi connectivity index (χ3n) is 3.66. The maximum atomic E-state index is 5.40. The van der Waals surface area contributed by atoms with Crippen LogP contribution in [0.4, 0.5) is 0 Å². The van der Waals surface area contributed by atoms with E-state index in [0.29, 0.717) is 0 Å². The minimum absolute atomic E-state index is 0.904. The van der Waals surface area contributed by atoms with Crippen LogP contribution in [-0.4, -0.2) is 4.86 Å². The molecule has 0 aliphatic heterocycles. The first-order valence-corrected chi connectivity index (χ1v) is 7.11. The SMILES string of the molecule is CCC(=S)Cc1cccc2c1ccc1ccccc12. The number of fused-ring (bicyclic) bond motifs is 3. The van der Waals surface area contributed by atoms with E-state index < -0.39 is 0 Å². The van der Waals surface area contributed by atoms with Gasteiger partial charge in [0.25, 0.3) is 0 Å². The smallest absolute Gasteiger partial charge is 0.00442 e. The van der Waals surface area contributed by atoms with E-state index in [4.69, 9.17) is 12.2 Å². The monoisotopic (exact) mass is 264 g/mol. The van der Waals surface area contributed by atoms with Crippen molar-refractivity contribution in [2.75, 3.05) is 0 Å². The second-order valence-corrected chi connectivity index (χ2v) is 5.45. The van der Waals surface area contributed by atoms with Crippen molar-refractivity contribution in [2.24, 2.45) is 0 Å². The summed E-state index contributed by atoms with van der Waals surface area (Å²) in [5.74, 6) is 0. The van der Waals surface area contributed by atoms with Crippen LogP contribution in [0.2, 0.25) is 0 Å². The molecule has 3 aromatic rings. The molecule has 0 N–H and O–H groups in total. The van der Waals surface area contributed by atoms with Gasteiger partial charge in [0, 0.05) is 6.42 Å². The summed E-state index contributed by atoms with van der Waals surface area (Å²) >= 11 is 5.40. The Morgan fingerprint density at radius 3 is 2.47 bits per heavy atom. The van der Waals surface area contributed by atoms with Gasteiger partial charge in [0.05, 0.1) is 0 Å². The van der Waals surface area contributed by atoms with Crippen LogP contribution in [0.5, 0.6) is 0 Å². The standard InChI is InChI=1S/C18H16S/c1-2-15(19)12-14-7-5-9-18-16-8-4-3-6-13(16)10-11-17(14)18/h3-11H,2,12H2,1H3. The van der Waals surface area contributed by atoms with E-state index in [0.717, 1.165) is 17.7 Å². The molecule has 0 nitrogen and oxygen atoms in total. The number of hydrogen-bond acceptors (Lipinski definition) is 1. The van der Waals surface area contributed by atoms with Gasteiger partial charge in [-0.2, -0.15) is 0 Å². The summed E-state index contributed by atoms with van der Waals surface area (Å²) in [6.07, 6.45) is 1.88. The Bertz CT molecular complexity index is 756. The first kappa shape index (κ1) is 12.3. The lowest BCUT2D eigenvalue weighted by Crippen LogP contribution is -1.98. The normalized spacial score (nSPS) is 11.0. The molecular weight excluding hydrogens is 248 g/mol. The molecule has 0 saturated heterocycles. The highest BCUT2D eigenvalue weighted by molar-refractivity contribution is 7.80. The van der Waals surface area contributed by atoms with Gasteiger partial charge in [-0.3, -0.25) is 0 Å². The highest BCUT2D eigenvalue weighted by Crippen LogP contribution is 2.28. The Morgan fingerprint density at radius 1 is 0.842 bits per heavy atom. The molecule has 0 radical (unpaired) electrons. The van der Waals surface area contributed by atoms with Gasteiger partial charge in [0.1, 0.15) is 0 Å². The lowest BCUT2D eigenvalue weighted by Gasteiger charge is -2.09. The van der Waals surface area contributed by atoms with Crippen molar-refractivity contribution in [3.63, 3.8) is 0 Å². The van der Waals surface area contributed by atoms with Gasteiger partial charge >= 0.3 is 0 Å². The van der Waals surface area contributed by atoms with E-state index >= 15 is 0 Å². The molecule has 94 valence electrons. The Kier molecular flexibility index (Phi) is 3.31. The molecule has 1 heteroatoms. The van der Waals surface area contributed by atoms with Crippen LogP contribution < -0.4 is 0 Å². The third kappa shape index (κ3) is 2.26. The van der Waals surface area contributed by atoms with E-state index in [1.54, 1.807) is 0 Å². The summed E-state index contributed by atoms with van der Waals surface area (Å²) < 4.78 is 0. The molecule has 0 spiro atoms. The summed E-state index contributed by atoms with van der Waals surface area (Å²) in [4.78, 5) is 1.13. The molecule has 3 aromatic carbocycles. The zero-order valence-corrected chi connectivity index (χ0v) is 11.8. The highest BCUT2D eigenvalue weighted by Gasteiger charge is 2.05. The molecule has 0 amide bonds. The van der Waals surface area contributed by atoms with E-state index in [-0.39, 0.29) is 0 Å². The van der Waals surface area contributed by atoms with Gasteiger partial charge in [-0.1, -0.05) is 73.7 Å². The van der Waals surface area contributed by atoms with E-state index in [9.17, 15) is 0 Å². The fourth-order valence-corrected chi connectivity index (χ4v) is 2.75. The van der Waals surface area contributed by atoms with Gasteiger partial charge in [-0.25, -0.2) is 0 Å². The van der Waals surface area contributed by atoms with Gasteiger partial charge < -0.3 is 0 Å². The third-order valence-corrected chi connectivity index (χ3v) is 4.09. The van der Waals surface area contributed by atoms with Crippen molar-refractivity contribution in [1.29, 1.82) is 0 Å². The van der Waals surface area contributed by atoms with Crippen LogP contribution in [0.3, 0.4) is 0 Å². The first-order valence-electron chi connectivity index (χ1n) is 6.70. The molecule has 19 heavy (non-hydrogen) atoms. The van der Waals surface area contributed by atoms with Crippen LogP contribution in [0.25, 0.3) is 21.5 Å². The second-order valence-electron chi connectivity index (χ2n) is 4.87. The Hall–Kier alpha value is -1.73. The molecule has 0 heterocycles. The Balaban J connectivity index is 2.26. The topological polar surface area (TPSA) is 0 Å². The lowest BCUT2D eigenvalue weighted by atomic mass is 9.96. The van der Waals surface area contributed by atoms with Crippen molar-refractivity contribution in [3.05, 3.63) is 60.2 Å². The van der Waals surface area contributed by atoms with Crippen molar-refractivity contribution < 1.29 is 0 Å². The average Bonchev–Trinajstić information content (AvgIpc) is 2.47. The highest BCUT2D eigenvalue weighted by atomic mass is 32.1. The van der Waals surface area contributed by atoms with Gasteiger partial charge in [0.15, 0.2) is 0 Å². The fourth-order valence-electron chi connectivity index (χ4n) is 2.60. The molecule has 3 rings (SSSR count). The second kappa shape index (κ2) is 5.10. The van der Waals surface area contributed by atoms with E-state index in [1.165, 1.54) is 27.1 Å². The van der Waals surface area contributed by atoms with Crippen LogP contribution in [-0.2, 0) is 6.42 Å². The zero-order valence-electron chi connectivity index (χ0n) is 11.0. The maximum Gasteiger partial charge on any atom is 0.00442 e. The fraction of sp³-hybridized carbons (Fsp3) is 0.167. The summed E-state index contributed by atoms with van der Waals surface area (Å²) in [5, 5.41) is 5.28. The molecule has 0 atom stereocenters. The number of hydrogen-bond donors (Lipinski definition) is 0. The van der Waals surface area contributed by atoms with Crippen LogP contribution in [0.15, 0.2) is 54.6 Å². The zero-order chi connectivity index (χ0) is 13.2. The summed E-state index contributed by atoms with van der Waals surface area (Å²) in [6.45, 7) is 2.13. The minimum Gasteiger partial charge on any atom is -0.0893 e. The molecule has 0 unspecified atom stereocenters. The Labute approximate surface area is 119 Å². The van der Waals surface area contributed by atoms with E-state index in [2.05, 4.69) is 61.5 Å². The van der Waals surface area contributed by atoms with Gasteiger partial charge in [-0.05, 0) is 38.4 Å². The van der Waals surface area contributed by atoms with Gasteiger partial charge in [-0.15, -0.1) is 0 Å². The lowest BCUT2D eigenvalue weighted by molar-refractivity contribution is 1.24. The maximum absolute atomic E-state index is 5.40. The molecule has 0 fully saturated rings. The largest absolute Gasteiger partial charge is 0.0893 e. The summed E-state index contributed by atoms with van der Waals surface area (Å²) in [5.41, 5.74) is 1.34. The van der Waals surface area contributed by atoms with Crippen LogP contribution >= 0.6 is 12.2 Å². The average molecular weight is 264 g/mol. The quantitative estimate of drug-likeness (QED) is 0.456. The number of thiocarbonyl (C=S) groups is 1. The predicted molar refractivity (Wildman–Crippen MR) is 88.0 cm³/mol. The van der Waals surface area contributed by atoms with Gasteiger partial charge in [0.2, 0.25) is 0 Å². The molecule has 0 saturated carbocycles. The van der Waals surface area contributed by atoms with E-state index in [1.807, 2.05) is 0 Å².